The number of piperidine rings is 1. The third-order valence-corrected chi connectivity index (χ3v) is 4.72. The normalized spacial score (nSPS) is 26.9. The van der Waals surface area contributed by atoms with Crippen LogP contribution < -0.4 is 10.2 Å². The number of hydrogen-bond donors (Lipinski definition) is 1. The van der Waals surface area contributed by atoms with Crippen molar-refractivity contribution in [3.8, 4) is 0 Å². The maximum Gasteiger partial charge on any atom is 0.0642 e. The van der Waals surface area contributed by atoms with E-state index in [9.17, 15) is 0 Å². The Morgan fingerprint density at radius 2 is 1.90 bits per heavy atom. The smallest absolute Gasteiger partial charge is 0.0642 e. The third kappa shape index (κ3) is 3.29. The number of benzene rings is 1. The van der Waals surface area contributed by atoms with Gasteiger partial charge < -0.3 is 10.2 Å². The summed E-state index contributed by atoms with van der Waals surface area (Å²) in [5.74, 6) is 1.50. The summed E-state index contributed by atoms with van der Waals surface area (Å²) >= 11 is 6.52. The molecule has 1 aromatic carbocycles. The molecule has 1 aliphatic heterocycles. The van der Waals surface area contributed by atoms with Crippen LogP contribution in [0.4, 0.5) is 5.69 Å². The summed E-state index contributed by atoms with van der Waals surface area (Å²) in [7, 11) is 0. The second-order valence-corrected chi connectivity index (χ2v) is 7.16. The molecule has 110 valence electrons. The summed E-state index contributed by atoms with van der Waals surface area (Å²) in [6.07, 6.45) is 3.98. The monoisotopic (exact) mass is 292 g/mol. The molecule has 2 nitrogen and oxygen atoms in total. The van der Waals surface area contributed by atoms with Gasteiger partial charge in [-0.25, -0.2) is 0 Å². The number of halogens is 1. The minimum Gasteiger partial charge on any atom is -0.370 e. The molecule has 0 aromatic heterocycles. The first kappa shape index (κ1) is 14.2. The number of anilines is 1. The number of nitrogens with zero attached hydrogens (tertiary/aromatic N) is 1. The molecule has 1 aromatic rings. The Hall–Kier alpha value is -0.730. The van der Waals surface area contributed by atoms with E-state index in [-0.39, 0.29) is 0 Å². The average Bonchev–Trinajstić information content (AvgIpc) is 3.19. The molecule has 0 amide bonds. The van der Waals surface area contributed by atoms with E-state index in [0.29, 0.717) is 0 Å². The van der Waals surface area contributed by atoms with Crippen LogP contribution in [0.3, 0.4) is 0 Å². The topological polar surface area (TPSA) is 15.3 Å². The van der Waals surface area contributed by atoms with E-state index in [0.717, 1.165) is 42.5 Å². The molecule has 20 heavy (non-hydrogen) atoms. The molecule has 3 rings (SSSR count). The van der Waals surface area contributed by atoms with Gasteiger partial charge >= 0.3 is 0 Å². The van der Waals surface area contributed by atoms with Crippen molar-refractivity contribution in [3.05, 3.63) is 28.8 Å². The Balaban J connectivity index is 1.81. The van der Waals surface area contributed by atoms with Crippen LogP contribution in [-0.4, -0.2) is 19.1 Å². The fourth-order valence-corrected chi connectivity index (χ4v) is 3.76. The van der Waals surface area contributed by atoms with Gasteiger partial charge in [-0.2, -0.15) is 0 Å². The van der Waals surface area contributed by atoms with Gasteiger partial charge in [-0.05, 0) is 42.7 Å². The van der Waals surface area contributed by atoms with Crippen LogP contribution in [0.15, 0.2) is 18.2 Å². The van der Waals surface area contributed by atoms with Gasteiger partial charge in [0.2, 0.25) is 0 Å². The average molecular weight is 293 g/mol. The molecule has 2 atom stereocenters. The highest BCUT2D eigenvalue weighted by Gasteiger charge is 2.26. The van der Waals surface area contributed by atoms with E-state index in [2.05, 4.69) is 36.2 Å². The molecular weight excluding hydrogens is 268 g/mol. The molecule has 3 heteroatoms. The van der Waals surface area contributed by atoms with Crippen LogP contribution in [0.1, 0.15) is 38.7 Å². The molecule has 2 fully saturated rings. The number of rotatable bonds is 4. The Morgan fingerprint density at radius 1 is 1.20 bits per heavy atom. The molecule has 1 aliphatic carbocycles. The SMILES string of the molecule is CC1CC(C)CN(c2c(Cl)cccc2CNC2CC2)C1. The lowest BCUT2D eigenvalue weighted by Gasteiger charge is -2.38. The maximum atomic E-state index is 6.52. The molecule has 0 spiro atoms. The standard InChI is InChI=1S/C17H25ClN2/c1-12-8-13(2)11-20(10-12)17-14(4-3-5-16(17)18)9-19-15-6-7-15/h3-5,12-13,15,19H,6-11H2,1-2H3. The highest BCUT2D eigenvalue weighted by Crippen LogP contribution is 2.35. The molecule has 1 saturated carbocycles. The van der Waals surface area contributed by atoms with Crippen molar-refractivity contribution < 1.29 is 0 Å². The van der Waals surface area contributed by atoms with Gasteiger partial charge in [0.1, 0.15) is 0 Å². The van der Waals surface area contributed by atoms with Gasteiger partial charge in [-0.15, -0.1) is 0 Å². The van der Waals surface area contributed by atoms with Crippen molar-refractivity contribution in [2.75, 3.05) is 18.0 Å². The van der Waals surface area contributed by atoms with Crippen LogP contribution in [0.25, 0.3) is 0 Å². The summed E-state index contributed by atoms with van der Waals surface area (Å²) < 4.78 is 0. The van der Waals surface area contributed by atoms with E-state index in [1.807, 2.05) is 6.07 Å². The zero-order valence-electron chi connectivity index (χ0n) is 12.5. The Kier molecular flexibility index (Phi) is 4.23. The predicted octanol–water partition coefficient (Wildman–Crippen LogP) is 4.07. The van der Waals surface area contributed by atoms with E-state index in [1.165, 1.54) is 30.5 Å². The molecule has 0 radical (unpaired) electrons. The minimum absolute atomic E-state index is 0.737. The van der Waals surface area contributed by atoms with Crippen LogP contribution in [0, 0.1) is 11.8 Å². The zero-order chi connectivity index (χ0) is 14.1. The fourth-order valence-electron chi connectivity index (χ4n) is 3.44. The van der Waals surface area contributed by atoms with E-state index >= 15 is 0 Å². The van der Waals surface area contributed by atoms with Crippen molar-refractivity contribution in [2.45, 2.75) is 45.7 Å². The summed E-state index contributed by atoms with van der Waals surface area (Å²) in [4.78, 5) is 2.51. The molecule has 0 bridgehead atoms. The van der Waals surface area contributed by atoms with Gasteiger partial charge in [-0.1, -0.05) is 37.6 Å². The first-order chi connectivity index (χ1) is 9.63. The lowest BCUT2D eigenvalue weighted by atomic mass is 9.91. The highest BCUT2D eigenvalue weighted by atomic mass is 35.5. The van der Waals surface area contributed by atoms with Gasteiger partial charge in [0.05, 0.1) is 10.7 Å². The minimum atomic E-state index is 0.737. The molecule has 2 unspecified atom stereocenters. The van der Waals surface area contributed by atoms with Crippen molar-refractivity contribution in [1.29, 1.82) is 0 Å². The van der Waals surface area contributed by atoms with E-state index < -0.39 is 0 Å². The van der Waals surface area contributed by atoms with Crippen LogP contribution in [0.5, 0.6) is 0 Å². The lowest BCUT2D eigenvalue weighted by Crippen LogP contribution is -2.39. The fraction of sp³-hybridized carbons (Fsp3) is 0.647. The van der Waals surface area contributed by atoms with Crippen LogP contribution >= 0.6 is 11.6 Å². The van der Waals surface area contributed by atoms with Crippen LogP contribution in [-0.2, 0) is 6.54 Å². The second kappa shape index (κ2) is 5.95. The Labute approximate surface area is 127 Å². The third-order valence-electron chi connectivity index (χ3n) is 4.41. The molecule has 1 saturated heterocycles. The summed E-state index contributed by atoms with van der Waals surface area (Å²) in [5.41, 5.74) is 2.62. The van der Waals surface area contributed by atoms with Gasteiger partial charge in [-0.3, -0.25) is 0 Å². The van der Waals surface area contributed by atoms with Crippen molar-refractivity contribution in [3.63, 3.8) is 0 Å². The number of para-hydroxylation sites is 1. The highest BCUT2D eigenvalue weighted by molar-refractivity contribution is 6.33. The number of hydrogen-bond acceptors (Lipinski definition) is 2. The summed E-state index contributed by atoms with van der Waals surface area (Å²) in [6, 6.07) is 7.06. The van der Waals surface area contributed by atoms with E-state index in [4.69, 9.17) is 11.6 Å². The predicted molar refractivity (Wildman–Crippen MR) is 86.5 cm³/mol. The van der Waals surface area contributed by atoms with Crippen molar-refractivity contribution >= 4 is 17.3 Å². The summed E-state index contributed by atoms with van der Waals surface area (Å²) in [5, 5.41) is 4.52. The zero-order valence-corrected chi connectivity index (χ0v) is 13.3. The van der Waals surface area contributed by atoms with Gasteiger partial charge in [0.15, 0.2) is 0 Å². The largest absolute Gasteiger partial charge is 0.370 e. The molecule has 1 heterocycles. The Bertz CT molecular complexity index is 460. The van der Waals surface area contributed by atoms with Gasteiger partial charge in [0.25, 0.3) is 0 Å². The molecule has 1 N–H and O–H groups in total. The molecular formula is C17H25ClN2. The van der Waals surface area contributed by atoms with Crippen molar-refractivity contribution in [2.24, 2.45) is 11.8 Å². The van der Waals surface area contributed by atoms with Crippen LogP contribution in [0.2, 0.25) is 5.02 Å². The lowest BCUT2D eigenvalue weighted by molar-refractivity contribution is 0.356. The van der Waals surface area contributed by atoms with Crippen molar-refractivity contribution in [1.82, 2.24) is 5.32 Å². The Morgan fingerprint density at radius 3 is 2.55 bits per heavy atom. The number of nitrogens with one attached hydrogen (secondary N) is 1. The quantitative estimate of drug-likeness (QED) is 0.900. The van der Waals surface area contributed by atoms with Gasteiger partial charge in [0, 0.05) is 25.7 Å². The molecule has 2 aliphatic rings. The second-order valence-electron chi connectivity index (χ2n) is 6.75. The first-order valence-corrected chi connectivity index (χ1v) is 8.27. The first-order valence-electron chi connectivity index (χ1n) is 7.89. The van der Waals surface area contributed by atoms with E-state index in [1.54, 1.807) is 0 Å². The summed E-state index contributed by atoms with van der Waals surface area (Å²) in [6.45, 7) is 7.90. The maximum absolute atomic E-state index is 6.52.